The molecule has 84 valence electrons. The summed E-state index contributed by atoms with van der Waals surface area (Å²) in [7, 11) is 0. The van der Waals surface area contributed by atoms with Gasteiger partial charge < -0.3 is 4.42 Å². The molecule has 1 aromatic rings. The van der Waals surface area contributed by atoms with Crippen LogP contribution in [-0.4, -0.2) is 28.2 Å². The highest BCUT2D eigenvalue weighted by Crippen LogP contribution is 2.20. The summed E-state index contributed by atoms with van der Waals surface area (Å²) in [5.74, 6) is 2.26. The van der Waals surface area contributed by atoms with Crippen molar-refractivity contribution in [1.29, 1.82) is 0 Å². The SMILES string of the molecule is CC[C@@H]1CCCN(Cc2nnc(C)o2)C1. The number of aryl methyl sites for hydroxylation is 1. The fourth-order valence-electron chi connectivity index (χ4n) is 2.22. The van der Waals surface area contributed by atoms with E-state index in [1.165, 1.54) is 25.8 Å². The molecule has 0 spiro atoms. The summed E-state index contributed by atoms with van der Waals surface area (Å²) < 4.78 is 5.39. The molecule has 1 aliphatic rings. The standard InChI is InChI=1S/C11H19N3O/c1-3-10-5-4-6-14(7-10)8-11-13-12-9(2)15-11/h10H,3-8H2,1-2H3/t10-/m1/s1. The van der Waals surface area contributed by atoms with Crippen molar-refractivity contribution in [3.63, 3.8) is 0 Å². The Kier molecular flexibility index (Phi) is 3.36. The lowest BCUT2D eigenvalue weighted by Crippen LogP contribution is -2.34. The van der Waals surface area contributed by atoms with Gasteiger partial charge in [0, 0.05) is 13.5 Å². The number of nitrogens with zero attached hydrogens (tertiary/aromatic N) is 3. The van der Waals surface area contributed by atoms with Crippen LogP contribution in [0.3, 0.4) is 0 Å². The van der Waals surface area contributed by atoms with Crippen molar-refractivity contribution in [3.8, 4) is 0 Å². The van der Waals surface area contributed by atoms with E-state index in [0.29, 0.717) is 5.89 Å². The average Bonchev–Trinajstić information content (AvgIpc) is 2.64. The van der Waals surface area contributed by atoms with Gasteiger partial charge in [-0.2, -0.15) is 0 Å². The molecule has 1 aliphatic heterocycles. The highest BCUT2D eigenvalue weighted by molar-refractivity contribution is 4.81. The van der Waals surface area contributed by atoms with E-state index in [-0.39, 0.29) is 0 Å². The van der Waals surface area contributed by atoms with Crippen LogP contribution in [0.2, 0.25) is 0 Å². The monoisotopic (exact) mass is 209 g/mol. The molecule has 0 saturated carbocycles. The number of hydrogen-bond donors (Lipinski definition) is 0. The Morgan fingerprint density at radius 3 is 3.00 bits per heavy atom. The molecule has 4 heteroatoms. The van der Waals surface area contributed by atoms with Crippen molar-refractivity contribution < 1.29 is 4.42 Å². The molecule has 1 fully saturated rings. The van der Waals surface area contributed by atoms with Crippen molar-refractivity contribution in [2.24, 2.45) is 5.92 Å². The van der Waals surface area contributed by atoms with Crippen LogP contribution in [0, 0.1) is 12.8 Å². The number of piperidine rings is 1. The van der Waals surface area contributed by atoms with Gasteiger partial charge in [0.2, 0.25) is 11.8 Å². The maximum Gasteiger partial charge on any atom is 0.230 e. The van der Waals surface area contributed by atoms with Crippen LogP contribution >= 0.6 is 0 Å². The first-order valence-corrected chi connectivity index (χ1v) is 5.79. The summed E-state index contributed by atoms with van der Waals surface area (Å²) in [5.41, 5.74) is 0. The van der Waals surface area contributed by atoms with Gasteiger partial charge in [-0.3, -0.25) is 4.90 Å². The summed E-state index contributed by atoms with van der Waals surface area (Å²) >= 11 is 0. The predicted molar refractivity (Wildman–Crippen MR) is 57.3 cm³/mol. The third-order valence-corrected chi connectivity index (χ3v) is 3.11. The Balaban J connectivity index is 1.88. The van der Waals surface area contributed by atoms with Gasteiger partial charge in [-0.15, -0.1) is 10.2 Å². The molecule has 1 aromatic heterocycles. The van der Waals surface area contributed by atoms with Crippen molar-refractivity contribution >= 4 is 0 Å². The van der Waals surface area contributed by atoms with Gasteiger partial charge in [-0.05, 0) is 25.3 Å². The summed E-state index contributed by atoms with van der Waals surface area (Å²) in [4.78, 5) is 2.42. The normalized spacial score (nSPS) is 23.2. The third kappa shape index (κ3) is 2.78. The van der Waals surface area contributed by atoms with Gasteiger partial charge in [0.15, 0.2) is 0 Å². The average molecular weight is 209 g/mol. The van der Waals surface area contributed by atoms with Crippen LogP contribution in [0.25, 0.3) is 0 Å². The van der Waals surface area contributed by atoms with E-state index >= 15 is 0 Å². The fourth-order valence-corrected chi connectivity index (χ4v) is 2.22. The second-order valence-electron chi connectivity index (χ2n) is 4.37. The second kappa shape index (κ2) is 4.75. The van der Waals surface area contributed by atoms with Gasteiger partial charge in [-0.1, -0.05) is 13.3 Å². The topological polar surface area (TPSA) is 42.2 Å². The van der Waals surface area contributed by atoms with Gasteiger partial charge in [0.1, 0.15) is 0 Å². The molecule has 0 aliphatic carbocycles. The lowest BCUT2D eigenvalue weighted by Gasteiger charge is -2.31. The minimum absolute atomic E-state index is 0.661. The summed E-state index contributed by atoms with van der Waals surface area (Å²) in [6.07, 6.45) is 3.95. The first-order chi connectivity index (χ1) is 7.28. The van der Waals surface area contributed by atoms with Gasteiger partial charge >= 0.3 is 0 Å². The largest absolute Gasteiger partial charge is 0.424 e. The van der Waals surface area contributed by atoms with Crippen molar-refractivity contribution in [1.82, 2.24) is 15.1 Å². The van der Waals surface area contributed by atoms with E-state index in [4.69, 9.17) is 4.42 Å². The number of hydrogen-bond acceptors (Lipinski definition) is 4. The van der Waals surface area contributed by atoms with Gasteiger partial charge in [0.25, 0.3) is 0 Å². The van der Waals surface area contributed by atoms with E-state index in [9.17, 15) is 0 Å². The molecule has 0 N–H and O–H groups in total. The molecule has 0 bridgehead atoms. The molecular formula is C11H19N3O. The molecule has 1 atom stereocenters. The molecule has 0 amide bonds. The zero-order valence-corrected chi connectivity index (χ0v) is 9.57. The number of likely N-dealkylation sites (tertiary alicyclic amines) is 1. The highest BCUT2D eigenvalue weighted by atomic mass is 16.4. The molecule has 0 aromatic carbocycles. The first kappa shape index (κ1) is 10.6. The molecule has 4 nitrogen and oxygen atoms in total. The molecular weight excluding hydrogens is 190 g/mol. The predicted octanol–water partition coefficient (Wildman–Crippen LogP) is 2.00. The van der Waals surface area contributed by atoms with Crippen molar-refractivity contribution in [3.05, 3.63) is 11.8 Å². The van der Waals surface area contributed by atoms with Crippen molar-refractivity contribution in [2.75, 3.05) is 13.1 Å². The maximum atomic E-state index is 5.39. The second-order valence-corrected chi connectivity index (χ2v) is 4.37. The summed E-state index contributed by atoms with van der Waals surface area (Å²) in [6.45, 7) is 7.26. The Hall–Kier alpha value is -0.900. The Morgan fingerprint density at radius 1 is 1.47 bits per heavy atom. The highest BCUT2D eigenvalue weighted by Gasteiger charge is 2.19. The van der Waals surface area contributed by atoms with Gasteiger partial charge in [0.05, 0.1) is 6.54 Å². The van der Waals surface area contributed by atoms with Crippen molar-refractivity contribution in [2.45, 2.75) is 39.7 Å². The van der Waals surface area contributed by atoms with Crippen LogP contribution < -0.4 is 0 Å². The lowest BCUT2D eigenvalue weighted by atomic mass is 9.96. The Labute approximate surface area is 90.7 Å². The molecule has 1 saturated heterocycles. The fraction of sp³-hybridized carbons (Fsp3) is 0.818. The first-order valence-electron chi connectivity index (χ1n) is 5.79. The summed E-state index contributed by atoms with van der Waals surface area (Å²) in [5, 5.41) is 7.88. The smallest absolute Gasteiger partial charge is 0.230 e. The van der Waals surface area contributed by atoms with E-state index in [0.717, 1.165) is 24.9 Å². The van der Waals surface area contributed by atoms with E-state index in [2.05, 4.69) is 22.0 Å². The molecule has 15 heavy (non-hydrogen) atoms. The van der Waals surface area contributed by atoms with E-state index in [1.54, 1.807) is 0 Å². The number of aromatic nitrogens is 2. The minimum atomic E-state index is 0.661. The van der Waals surface area contributed by atoms with Crippen LogP contribution in [-0.2, 0) is 6.54 Å². The maximum absolute atomic E-state index is 5.39. The van der Waals surface area contributed by atoms with E-state index in [1.807, 2.05) is 6.92 Å². The molecule has 0 unspecified atom stereocenters. The van der Waals surface area contributed by atoms with Crippen LogP contribution in [0.5, 0.6) is 0 Å². The third-order valence-electron chi connectivity index (χ3n) is 3.11. The Morgan fingerprint density at radius 2 is 2.33 bits per heavy atom. The zero-order valence-electron chi connectivity index (χ0n) is 9.57. The molecule has 0 radical (unpaired) electrons. The van der Waals surface area contributed by atoms with Crippen LogP contribution in [0.1, 0.15) is 38.0 Å². The molecule has 2 rings (SSSR count). The zero-order chi connectivity index (χ0) is 10.7. The lowest BCUT2D eigenvalue weighted by molar-refractivity contribution is 0.151. The van der Waals surface area contributed by atoms with E-state index < -0.39 is 0 Å². The minimum Gasteiger partial charge on any atom is -0.424 e. The molecule has 2 heterocycles. The number of rotatable bonds is 3. The van der Waals surface area contributed by atoms with Crippen LogP contribution in [0.15, 0.2) is 4.42 Å². The summed E-state index contributed by atoms with van der Waals surface area (Å²) in [6, 6.07) is 0. The van der Waals surface area contributed by atoms with Crippen LogP contribution in [0.4, 0.5) is 0 Å². The quantitative estimate of drug-likeness (QED) is 0.763. The van der Waals surface area contributed by atoms with Gasteiger partial charge in [-0.25, -0.2) is 0 Å². The Bertz CT molecular complexity index is 311.